The molecule has 0 saturated carbocycles. The molecule has 0 fully saturated rings. The summed E-state index contributed by atoms with van der Waals surface area (Å²) in [5.74, 6) is 0. The largest absolute Gasteiger partial charge is 0.277 e. The van der Waals surface area contributed by atoms with Crippen LogP contribution in [-0.2, 0) is 0 Å². The summed E-state index contributed by atoms with van der Waals surface area (Å²) in [4.78, 5) is 0. The molecular weight excluding hydrogens is 249 g/mol. The second kappa shape index (κ2) is 4.21. The average Bonchev–Trinajstić information content (AvgIpc) is 2.03. The van der Waals surface area contributed by atoms with Crippen LogP contribution in [0.2, 0.25) is 0 Å². The molecule has 0 heterocycles. The number of anilines is 1. The van der Waals surface area contributed by atoms with Gasteiger partial charge in [-0.05, 0) is 28.9 Å². The van der Waals surface area contributed by atoms with E-state index in [4.69, 9.17) is 15.9 Å². The van der Waals surface area contributed by atoms with Gasteiger partial charge in [0.25, 0.3) is 0 Å². The molecule has 5 heteroatoms. The number of halogens is 2. The Labute approximate surface area is 81.9 Å². The van der Waals surface area contributed by atoms with E-state index in [-0.39, 0.29) is 0 Å². The summed E-state index contributed by atoms with van der Waals surface area (Å²) in [6.45, 7) is 0. The lowest BCUT2D eigenvalue weighted by Gasteiger charge is -2.10. The maximum absolute atomic E-state index is 9.10. The van der Waals surface area contributed by atoms with E-state index in [9.17, 15) is 0 Å². The quantitative estimate of drug-likeness (QED) is 0.646. The number of hydrogen-bond donors (Lipinski definition) is 1. The third-order valence-electron chi connectivity index (χ3n) is 1.09. The maximum atomic E-state index is 9.10. The first kappa shape index (κ1) is 9.19. The van der Waals surface area contributed by atoms with Crippen LogP contribution in [-0.4, -0.2) is 5.21 Å². The predicted molar refractivity (Wildman–Crippen MR) is 51.9 cm³/mol. The van der Waals surface area contributed by atoms with Gasteiger partial charge in [0.1, 0.15) is 0 Å². The van der Waals surface area contributed by atoms with Crippen molar-refractivity contribution in [3.8, 4) is 0 Å². The number of nitrogens with zero attached hydrogens (tertiary/aromatic N) is 1. The van der Waals surface area contributed by atoms with Crippen LogP contribution >= 0.6 is 37.8 Å². The van der Waals surface area contributed by atoms with Crippen molar-refractivity contribution >= 4 is 43.5 Å². The van der Waals surface area contributed by atoms with E-state index >= 15 is 0 Å². The molecule has 0 aliphatic rings. The summed E-state index contributed by atoms with van der Waals surface area (Å²) in [5.41, 5.74) is 0.638. The maximum Gasteiger partial charge on any atom is 0.0882 e. The molecule has 0 aliphatic carbocycles. The lowest BCUT2D eigenvalue weighted by Crippen LogP contribution is -2.03. The third kappa shape index (κ3) is 2.56. The molecule has 60 valence electrons. The van der Waals surface area contributed by atoms with E-state index in [0.29, 0.717) is 5.69 Å². The molecule has 0 radical (unpaired) electrons. The van der Waals surface area contributed by atoms with Gasteiger partial charge in [-0.3, -0.25) is 5.21 Å². The van der Waals surface area contributed by atoms with Gasteiger partial charge in [-0.1, -0.05) is 22.0 Å². The van der Waals surface area contributed by atoms with Crippen LogP contribution in [0, 0.1) is 0 Å². The minimum Gasteiger partial charge on any atom is -0.277 e. The van der Waals surface area contributed by atoms with Gasteiger partial charge in [0.15, 0.2) is 0 Å². The fourth-order valence-electron chi connectivity index (χ4n) is 0.635. The van der Waals surface area contributed by atoms with Crippen molar-refractivity contribution in [3.05, 3.63) is 28.7 Å². The van der Waals surface area contributed by atoms with Crippen LogP contribution < -0.4 is 4.47 Å². The first-order valence-electron chi connectivity index (χ1n) is 2.77. The van der Waals surface area contributed by atoms with E-state index in [1.165, 1.54) is 0 Å². The molecule has 1 rings (SSSR count). The first-order chi connectivity index (χ1) is 5.24. The molecule has 1 N–H and O–H groups in total. The standard InChI is InChI=1S/C6H5BrClNOS/c7-5-2-1-3-6(4-5)9(10)11-8/h1-4,10H. The summed E-state index contributed by atoms with van der Waals surface area (Å²) in [6.07, 6.45) is 0. The lowest BCUT2D eigenvalue weighted by atomic mass is 10.3. The minimum absolute atomic E-state index is 0.638. The Bertz CT molecular complexity index is 248. The second-order valence-electron chi connectivity index (χ2n) is 1.82. The van der Waals surface area contributed by atoms with Crippen molar-refractivity contribution in [1.29, 1.82) is 0 Å². The number of hydrogen-bond acceptors (Lipinski definition) is 3. The average molecular weight is 255 g/mol. The smallest absolute Gasteiger partial charge is 0.0882 e. The fourth-order valence-corrected chi connectivity index (χ4v) is 1.45. The molecule has 0 spiro atoms. The van der Waals surface area contributed by atoms with E-state index in [2.05, 4.69) is 15.9 Å². The Hall–Kier alpha value is 0.1000. The molecule has 0 unspecified atom stereocenters. The summed E-state index contributed by atoms with van der Waals surface area (Å²) in [5, 5.41) is 9.10. The zero-order chi connectivity index (χ0) is 8.27. The van der Waals surface area contributed by atoms with Gasteiger partial charge in [-0.25, -0.2) is 0 Å². The van der Waals surface area contributed by atoms with Crippen molar-refractivity contribution in [3.63, 3.8) is 0 Å². The zero-order valence-corrected chi connectivity index (χ0v) is 8.53. The molecule has 0 atom stereocenters. The Morgan fingerprint density at radius 1 is 1.55 bits per heavy atom. The van der Waals surface area contributed by atoms with Gasteiger partial charge in [0.05, 0.1) is 16.8 Å². The summed E-state index contributed by atoms with van der Waals surface area (Å²) in [6, 6.07) is 7.20. The van der Waals surface area contributed by atoms with Crippen LogP contribution in [0.1, 0.15) is 0 Å². The molecule has 0 aromatic heterocycles. The summed E-state index contributed by atoms with van der Waals surface area (Å²) < 4.78 is 1.78. The molecule has 11 heavy (non-hydrogen) atoms. The van der Waals surface area contributed by atoms with Crippen LogP contribution in [0.5, 0.6) is 0 Å². The van der Waals surface area contributed by atoms with Gasteiger partial charge >= 0.3 is 0 Å². The van der Waals surface area contributed by atoms with Gasteiger partial charge in [-0.2, -0.15) is 4.47 Å². The highest BCUT2D eigenvalue weighted by molar-refractivity contribution is 9.10. The van der Waals surface area contributed by atoms with Crippen LogP contribution in [0.3, 0.4) is 0 Å². The van der Waals surface area contributed by atoms with Gasteiger partial charge in [0.2, 0.25) is 0 Å². The molecule has 1 aromatic rings. The van der Waals surface area contributed by atoms with Gasteiger partial charge < -0.3 is 0 Å². The topological polar surface area (TPSA) is 23.5 Å². The van der Waals surface area contributed by atoms with Crippen molar-refractivity contribution in [2.75, 3.05) is 4.47 Å². The number of benzene rings is 1. The van der Waals surface area contributed by atoms with Crippen molar-refractivity contribution in [1.82, 2.24) is 0 Å². The van der Waals surface area contributed by atoms with E-state index in [1.807, 2.05) is 12.1 Å². The molecule has 2 nitrogen and oxygen atoms in total. The van der Waals surface area contributed by atoms with Crippen LogP contribution in [0.25, 0.3) is 0 Å². The third-order valence-corrected chi connectivity index (χ3v) is 2.32. The Morgan fingerprint density at radius 3 is 2.82 bits per heavy atom. The van der Waals surface area contributed by atoms with E-state index in [0.717, 1.165) is 20.1 Å². The van der Waals surface area contributed by atoms with Crippen molar-refractivity contribution in [2.45, 2.75) is 0 Å². The zero-order valence-electron chi connectivity index (χ0n) is 5.37. The lowest BCUT2D eigenvalue weighted by molar-refractivity contribution is 0.333. The Kier molecular flexibility index (Phi) is 3.51. The van der Waals surface area contributed by atoms with Gasteiger partial charge in [-0.15, -0.1) is 0 Å². The number of rotatable bonds is 2. The van der Waals surface area contributed by atoms with E-state index < -0.39 is 0 Å². The normalized spacial score (nSPS) is 9.73. The van der Waals surface area contributed by atoms with Gasteiger partial charge in [0, 0.05) is 4.47 Å². The molecule has 0 saturated heterocycles. The Balaban J connectivity index is 2.86. The molecular formula is C6H5BrClNOS. The molecule has 0 aliphatic heterocycles. The van der Waals surface area contributed by atoms with Crippen LogP contribution in [0.4, 0.5) is 5.69 Å². The van der Waals surface area contributed by atoms with Crippen LogP contribution in [0.15, 0.2) is 28.7 Å². The predicted octanol–water partition coefficient (Wildman–Crippen LogP) is 3.45. The molecule has 1 aromatic carbocycles. The second-order valence-corrected chi connectivity index (χ2v) is 3.64. The van der Waals surface area contributed by atoms with E-state index in [1.54, 1.807) is 12.1 Å². The first-order valence-corrected chi connectivity index (χ1v) is 5.16. The highest BCUT2D eigenvalue weighted by atomic mass is 79.9. The SMILES string of the molecule is ON(SCl)c1cccc(Br)c1. The molecule has 0 bridgehead atoms. The monoisotopic (exact) mass is 253 g/mol. The summed E-state index contributed by atoms with van der Waals surface area (Å²) >= 11 is 4.00. The van der Waals surface area contributed by atoms with Crippen molar-refractivity contribution < 1.29 is 5.21 Å². The van der Waals surface area contributed by atoms with Crippen molar-refractivity contribution in [2.24, 2.45) is 0 Å². The highest BCUT2D eigenvalue weighted by Gasteiger charge is 2.00. The highest BCUT2D eigenvalue weighted by Crippen LogP contribution is 2.25. The molecule has 0 amide bonds. The fraction of sp³-hybridized carbons (Fsp3) is 0. The minimum atomic E-state index is 0.638. The Morgan fingerprint density at radius 2 is 2.27 bits per heavy atom. The summed E-state index contributed by atoms with van der Waals surface area (Å²) in [7, 11) is 5.32.